The van der Waals surface area contributed by atoms with Crippen LogP contribution in [0.2, 0.25) is 0 Å². The molecule has 9 heteroatoms. The number of anilines is 1. The standard InChI is InChI=1S/C32H40FN3O4S/c1-23(2)20-34-32(38)30(19-25-13-7-6-8-14-25)35(21-26-15-9-11-17-28(26)33)31(37)22-36(41(5,39)40)29-18-12-10-16-27(29)24(3)4/h6-18,23-24,30H,19-22H2,1-5H3,(H,34,38)/t30-/m0/s1. The number of halogens is 1. The summed E-state index contributed by atoms with van der Waals surface area (Å²) in [5.41, 5.74) is 2.20. The van der Waals surface area contributed by atoms with Crippen LogP contribution in [0.5, 0.6) is 0 Å². The number of para-hydroxylation sites is 1. The molecular weight excluding hydrogens is 541 g/mol. The first-order valence-electron chi connectivity index (χ1n) is 13.8. The fourth-order valence-corrected chi connectivity index (χ4v) is 5.45. The molecule has 0 fully saturated rings. The van der Waals surface area contributed by atoms with Crippen molar-refractivity contribution in [3.05, 3.63) is 101 Å². The first-order valence-corrected chi connectivity index (χ1v) is 15.6. The Bertz CT molecular complexity index is 1430. The molecule has 2 amide bonds. The Morgan fingerprint density at radius 2 is 1.49 bits per heavy atom. The highest BCUT2D eigenvalue weighted by atomic mass is 32.2. The summed E-state index contributed by atoms with van der Waals surface area (Å²) < 4.78 is 42.1. The molecular formula is C32H40FN3O4S. The topological polar surface area (TPSA) is 86.8 Å². The summed E-state index contributed by atoms with van der Waals surface area (Å²) in [5.74, 6) is -1.36. The summed E-state index contributed by atoms with van der Waals surface area (Å²) in [7, 11) is -3.90. The Kier molecular flexibility index (Phi) is 11.1. The Morgan fingerprint density at radius 3 is 2.10 bits per heavy atom. The molecule has 0 spiro atoms. The summed E-state index contributed by atoms with van der Waals surface area (Å²) in [4.78, 5) is 29.1. The van der Waals surface area contributed by atoms with Crippen molar-refractivity contribution >= 4 is 27.5 Å². The molecule has 3 rings (SSSR count). The van der Waals surface area contributed by atoms with Gasteiger partial charge in [-0.25, -0.2) is 12.8 Å². The van der Waals surface area contributed by atoms with Crippen molar-refractivity contribution in [2.45, 2.75) is 52.6 Å². The van der Waals surface area contributed by atoms with E-state index in [0.717, 1.165) is 21.7 Å². The molecule has 3 aromatic rings. The summed E-state index contributed by atoms with van der Waals surface area (Å²) in [6.45, 7) is 7.46. The van der Waals surface area contributed by atoms with Crippen LogP contribution in [0.25, 0.3) is 0 Å². The molecule has 0 bridgehead atoms. The van der Waals surface area contributed by atoms with E-state index in [1.807, 2.05) is 70.2 Å². The molecule has 41 heavy (non-hydrogen) atoms. The van der Waals surface area contributed by atoms with E-state index in [9.17, 15) is 22.4 Å². The minimum atomic E-state index is -3.90. The smallest absolute Gasteiger partial charge is 0.244 e. The fraction of sp³-hybridized carbons (Fsp3) is 0.375. The lowest BCUT2D eigenvalue weighted by molar-refractivity contribution is -0.140. The van der Waals surface area contributed by atoms with E-state index < -0.39 is 34.3 Å². The third-order valence-corrected chi connectivity index (χ3v) is 7.89. The third-order valence-electron chi connectivity index (χ3n) is 6.76. The van der Waals surface area contributed by atoms with Crippen LogP contribution >= 0.6 is 0 Å². The van der Waals surface area contributed by atoms with Gasteiger partial charge in [0, 0.05) is 25.1 Å². The molecule has 0 aliphatic heterocycles. The van der Waals surface area contributed by atoms with E-state index in [-0.39, 0.29) is 36.3 Å². The maximum atomic E-state index is 14.9. The normalized spacial score (nSPS) is 12.3. The van der Waals surface area contributed by atoms with Crippen molar-refractivity contribution in [3.63, 3.8) is 0 Å². The molecule has 0 saturated carbocycles. The molecule has 0 radical (unpaired) electrons. The van der Waals surface area contributed by atoms with Crippen molar-refractivity contribution in [1.29, 1.82) is 0 Å². The number of benzene rings is 3. The Balaban J connectivity index is 2.10. The van der Waals surface area contributed by atoms with Crippen LogP contribution in [0.3, 0.4) is 0 Å². The zero-order chi connectivity index (χ0) is 30.2. The largest absolute Gasteiger partial charge is 0.354 e. The van der Waals surface area contributed by atoms with Gasteiger partial charge in [-0.1, -0.05) is 94.4 Å². The van der Waals surface area contributed by atoms with Crippen molar-refractivity contribution in [2.24, 2.45) is 5.92 Å². The summed E-state index contributed by atoms with van der Waals surface area (Å²) >= 11 is 0. The molecule has 3 aromatic carbocycles. The molecule has 220 valence electrons. The van der Waals surface area contributed by atoms with Crippen molar-refractivity contribution in [1.82, 2.24) is 10.2 Å². The highest BCUT2D eigenvalue weighted by Crippen LogP contribution is 2.29. The number of nitrogens with one attached hydrogen (secondary N) is 1. The number of amides is 2. The highest BCUT2D eigenvalue weighted by molar-refractivity contribution is 7.92. The first kappa shape index (κ1) is 31.8. The van der Waals surface area contributed by atoms with Crippen LogP contribution < -0.4 is 9.62 Å². The summed E-state index contributed by atoms with van der Waals surface area (Å²) in [6.07, 6.45) is 1.22. The van der Waals surface area contributed by atoms with Crippen molar-refractivity contribution < 1.29 is 22.4 Å². The SMILES string of the molecule is CC(C)CNC(=O)[C@H](Cc1ccccc1)N(Cc1ccccc1F)C(=O)CN(c1ccccc1C(C)C)S(C)(=O)=O. The van der Waals surface area contributed by atoms with Gasteiger partial charge in [0.2, 0.25) is 21.8 Å². The van der Waals surface area contributed by atoms with Gasteiger partial charge < -0.3 is 10.2 Å². The average Bonchev–Trinajstić information content (AvgIpc) is 2.93. The molecule has 0 aliphatic carbocycles. The number of carbonyl (C=O) groups is 2. The lowest BCUT2D eigenvalue weighted by atomic mass is 10.0. The Hall–Kier alpha value is -3.72. The van der Waals surface area contributed by atoms with Gasteiger partial charge in [-0.05, 0) is 35.1 Å². The van der Waals surface area contributed by atoms with Gasteiger partial charge in [-0.2, -0.15) is 0 Å². The van der Waals surface area contributed by atoms with E-state index in [1.54, 1.807) is 30.3 Å². The van der Waals surface area contributed by atoms with E-state index in [1.165, 1.54) is 11.0 Å². The van der Waals surface area contributed by atoms with Gasteiger partial charge in [0.1, 0.15) is 18.4 Å². The monoisotopic (exact) mass is 581 g/mol. The van der Waals surface area contributed by atoms with Gasteiger partial charge in [0.25, 0.3) is 0 Å². The maximum absolute atomic E-state index is 14.9. The zero-order valence-corrected chi connectivity index (χ0v) is 25.2. The van der Waals surface area contributed by atoms with Crippen molar-refractivity contribution in [2.75, 3.05) is 23.7 Å². The minimum absolute atomic E-state index is 0.00675. The van der Waals surface area contributed by atoms with E-state index in [0.29, 0.717) is 12.2 Å². The van der Waals surface area contributed by atoms with Crippen molar-refractivity contribution in [3.8, 4) is 0 Å². The molecule has 0 aromatic heterocycles. The molecule has 1 atom stereocenters. The van der Waals surface area contributed by atoms with Gasteiger partial charge >= 0.3 is 0 Å². The second-order valence-electron chi connectivity index (χ2n) is 10.9. The quantitative estimate of drug-likeness (QED) is 0.303. The van der Waals surface area contributed by atoms with Crippen LogP contribution in [0.15, 0.2) is 78.9 Å². The zero-order valence-electron chi connectivity index (χ0n) is 24.4. The third kappa shape index (κ3) is 8.88. The Labute approximate surface area is 243 Å². The highest BCUT2D eigenvalue weighted by Gasteiger charge is 2.34. The number of hydrogen-bond donors (Lipinski definition) is 1. The molecule has 0 aliphatic rings. The van der Waals surface area contributed by atoms with Gasteiger partial charge in [-0.15, -0.1) is 0 Å². The number of hydrogen-bond acceptors (Lipinski definition) is 4. The van der Waals surface area contributed by atoms with E-state index in [2.05, 4.69) is 5.32 Å². The Morgan fingerprint density at radius 1 is 0.878 bits per heavy atom. The molecule has 7 nitrogen and oxygen atoms in total. The van der Waals surface area contributed by atoms with Crippen LogP contribution in [-0.2, 0) is 32.6 Å². The lowest BCUT2D eigenvalue weighted by Crippen LogP contribution is -2.53. The maximum Gasteiger partial charge on any atom is 0.244 e. The van der Waals surface area contributed by atoms with Crippen LogP contribution in [-0.4, -0.2) is 50.5 Å². The predicted molar refractivity (Wildman–Crippen MR) is 161 cm³/mol. The van der Waals surface area contributed by atoms with Crippen LogP contribution in [0.1, 0.15) is 50.3 Å². The second kappa shape index (κ2) is 14.3. The van der Waals surface area contributed by atoms with Crippen LogP contribution in [0, 0.1) is 11.7 Å². The van der Waals surface area contributed by atoms with Crippen LogP contribution in [0.4, 0.5) is 10.1 Å². The molecule has 0 saturated heterocycles. The molecule has 0 heterocycles. The fourth-order valence-electron chi connectivity index (χ4n) is 4.58. The second-order valence-corrected chi connectivity index (χ2v) is 12.8. The summed E-state index contributed by atoms with van der Waals surface area (Å²) in [5, 5.41) is 2.92. The molecule has 1 N–H and O–H groups in total. The minimum Gasteiger partial charge on any atom is -0.354 e. The number of carbonyl (C=O) groups excluding carboxylic acids is 2. The number of sulfonamides is 1. The summed E-state index contributed by atoms with van der Waals surface area (Å²) in [6, 6.07) is 21.4. The number of rotatable bonds is 13. The molecule has 0 unspecified atom stereocenters. The number of nitrogens with zero attached hydrogens (tertiary/aromatic N) is 2. The van der Waals surface area contributed by atoms with E-state index in [4.69, 9.17) is 0 Å². The van der Waals surface area contributed by atoms with Gasteiger partial charge in [0.05, 0.1) is 11.9 Å². The van der Waals surface area contributed by atoms with E-state index >= 15 is 0 Å². The van der Waals surface area contributed by atoms with Gasteiger partial charge in [-0.3, -0.25) is 13.9 Å². The predicted octanol–water partition coefficient (Wildman–Crippen LogP) is 5.13. The van der Waals surface area contributed by atoms with Gasteiger partial charge in [0.15, 0.2) is 0 Å². The first-order chi connectivity index (χ1) is 19.4. The average molecular weight is 582 g/mol. The lowest BCUT2D eigenvalue weighted by Gasteiger charge is -2.34.